The van der Waals surface area contributed by atoms with Crippen molar-refractivity contribution in [1.29, 1.82) is 0 Å². The molecule has 0 N–H and O–H groups in total. The number of carbonyl (C=O) groups is 1. The normalized spacial score (nSPS) is 14.8. The fraction of sp³-hybridized carbons (Fsp3) is 0.364. The molecule has 1 aromatic rings. The second kappa shape index (κ2) is 4.60. The van der Waals surface area contributed by atoms with Crippen molar-refractivity contribution in [3.63, 3.8) is 0 Å². The van der Waals surface area contributed by atoms with Crippen LogP contribution in [0.4, 0.5) is 4.39 Å². The van der Waals surface area contributed by atoms with Crippen LogP contribution in [0.2, 0.25) is 5.02 Å². The van der Waals surface area contributed by atoms with Crippen LogP contribution in [0.3, 0.4) is 0 Å². The molecule has 0 aliphatic carbocycles. The molecule has 1 aliphatic rings. The summed E-state index contributed by atoms with van der Waals surface area (Å²) in [6.45, 7) is 0.984. The quantitative estimate of drug-likeness (QED) is 0.712. The summed E-state index contributed by atoms with van der Waals surface area (Å²) in [4.78, 5) is 13.1. The molecule has 16 heavy (non-hydrogen) atoms. The Morgan fingerprint density at radius 3 is 2.94 bits per heavy atom. The summed E-state index contributed by atoms with van der Waals surface area (Å²) in [5.74, 6) is -0.484. The van der Waals surface area contributed by atoms with Gasteiger partial charge in [-0.3, -0.25) is 4.79 Å². The summed E-state index contributed by atoms with van der Waals surface area (Å²) >= 11 is 11.4. The van der Waals surface area contributed by atoms with Crippen LogP contribution in [0.1, 0.15) is 11.1 Å². The summed E-state index contributed by atoms with van der Waals surface area (Å²) in [5.41, 5.74) is 1.71. The molecule has 0 spiro atoms. The zero-order valence-electron chi connectivity index (χ0n) is 8.47. The van der Waals surface area contributed by atoms with Crippen molar-refractivity contribution in [2.24, 2.45) is 0 Å². The van der Waals surface area contributed by atoms with Gasteiger partial charge in [0.2, 0.25) is 5.91 Å². The summed E-state index contributed by atoms with van der Waals surface area (Å²) in [5, 5.41) is 0.377. The third-order valence-electron chi connectivity index (χ3n) is 2.72. The van der Waals surface area contributed by atoms with Crippen molar-refractivity contribution < 1.29 is 9.18 Å². The fourth-order valence-corrected chi connectivity index (χ4v) is 2.33. The predicted molar refractivity (Wildman–Crippen MR) is 61.3 cm³/mol. The number of nitrogens with zero attached hydrogens (tertiary/aromatic N) is 1. The monoisotopic (exact) mass is 261 g/mol. The van der Waals surface area contributed by atoms with Crippen LogP contribution < -0.4 is 0 Å². The minimum Gasteiger partial charge on any atom is -0.337 e. The van der Waals surface area contributed by atoms with Gasteiger partial charge in [-0.25, -0.2) is 4.39 Å². The van der Waals surface area contributed by atoms with Crippen LogP contribution in [0.25, 0.3) is 0 Å². The maximum absolute atomic E-state index is 13.1. The lowest BCUT2D eigenvalue weighted by molar-refractivity contribution is -0.129. The first kappa shape index (κ1) is 11.7. The van der Waals surface area contributed by atoms with E-state index in [9.17, 15) is 9.18 Å². The average molecular weight is 262 g/mol. The molecule has 2 nitrogen and oxygen atoms in total. The van der Waals surface area contributed by atoms with Crippen LogP contribution in [0.5, 0.6) is 0 Å². The minimum atomic E-state index is -0.333. The standard InChI is InChI=1S/C11H10Cl2FNO/c12-5-11(16)15-2-1-7-3-8(14)4-10(13)9(7)6-15/h3-4H,1-2,5-6H2. The third-order valence-corrected chi connectivity index (χ3v) is 3.29. The molecule has 86 valence electrons. The van der Waals surface area contributed by atoms with Gasteiger partial charge in [-0.05, 0) is 29.7 Å². The molecule has 0 saturated carbocycles. The van der Waals surface area contributed by atoms with Crippen LogP contribution in [-0.2, 0) is 17.8 Å². The molecule has 1 heterocycles. The van der Waals surface area contributed by atoms with Crippen molar-refractivity contribution in [3.8, 4) is 0 Å². The smallest absolute Gasteiger partial charge is 0.237 e. The highest BCUT2D eigenvalue weighted by atomic mass is 35.5. The van der Waals surface area contributed by atoms with Gasteiger partial charge in [-0.1, -0.05) is 11.6 Å². The van der Waals surface area contributed by atoms with E-state index in [0.717, 1.165) is 11.1 Å². The van der Waals surface area contributed by atoms with Gasteiger partial charge in [0, 0.05) is 18.1 Å². The van der Waals surface area contributed by atoms with Gasteiger partial charge < -0.3 is 4.90 Å². The van der Waals surface area contributed by atoms with E-state index < -0.39 is 0 Å². The Morgan fingerprint density at radius 2 is 2.25 bits per heavy atom. The van der Waals surface area contributed by atoms with Gasteiger partial charge in [0.15, 0.2) is 0 Å². The summed E-state index contributed by atoms with van der Waals surface area (Å²) < 4.78 is 13.1. The lowest BCUT2D eigenvalue weighted by Gasteiger charge is -2.29. The lowest BCUT2D eigenvalue weighted by atomic mass is 9.99. The summed E-state index contributed by atoms with van der Waals surface area (Å²) in [7, 11) is 0. The second-order valence-electron chi connectivity index (χ2n) is 3.72. The fourth-order valence-electron chi connectivity index (χ4n) is 1.88. The lowest BCUT2D eigenvalue weighted by Crippen LogP contribution is -2.36. The van der Waals surface area contributed by atoms with Gasteiger partial charge in [-0.2, -0.15) is 0 Å². The third kappa shape index (κ3) is 2.15. The van der Waals surface area contributed by atoms with Crippen molar-refractivity contribution in [1.82, 2.24) is 4.90 Å². The number of hydrogen-bond acceptors (Lipinski definition) is 1. The van der Waals surface area contributed by atoms with Crippen molar-refractivity contribution in [2.75, 3.05) is 12.4 Å². The average Bonchev–Trinajstić information content (AvgIpc) is 2.27. The molecule has 0 radical (unpaired) electrons. The molecule has 1 aliphatic heterocycles. The number of fused-ring (bicyclic) bond motifs is 1. The molecule has 5 heteroatoms. The van der Waals surface area contributed by atoms with Crippen molar-refractivity contribution in [2.45, 2.75) is 13.0 Å². The Morgan fingerprint density at radius 1 is 1.50 bits per heavy atom. The van der Waals surface area contributed by atoms with Crippen molar-refractivity contribution in [3.05, 3.63) is 34.1 Å². The molecular formula is C11H10Cl2FNO. The highest BCUT2D eigenvalue weighted by Gasteiger charge is 2.22. The van der Waals surface area contributed by atoms with E-state index in [0.29, 0.717) is 24.5 Å². The van der Waals surface area contributed by atoms with E-state index in [4.69, 9.17) is 23.2 Å². The Hall–Kier alpha value is -0.800. The number of amides is 1. The van der Waals surface area contributed by atoms with E-state index in [1.807, 2.05) is 0 Å². The van der Waals surface area contributed by atoms with E-state index in [-0.39, 0.29) is 17.6 Å². The molecule has 0 fully saturated rings. The maximum Gasteiger partial charge on any atom is 0.237 e. The van der Waals surface area contributed by atoms with Gasteiger partial charge in [0.05, 0.1) is 0 Å². The Bertz CT molecular complexity index is 436. The van der Waals surface area contributed by atoms with Gasteiger partial charge in [0.25, 0.3) is 0 Å². The van der Waals surface area contributed by atoms with E-state index >= 15 is 0 Å². The predicted octanol–water partition coefficient (Wildman–Crippen LogP) is 2.60. The van der Waals surface area contributed by atoms with Crippen LogP contribution in [0.15, 0.2) is 12.1 Å². The van der Waals surface area contributed by atoms with E-state index in [1.165, 1.54) is 12.1 Å². The van der Waals surface area contributed by atoms with E-state index in [2.05, 4.69) is 0 Å². The number of benzene rings is 1. The van der Waals surface area contributed by atoms with Crippen molar-refractivity contribution >= 4 is 29.1 Å². The molecule has 0 atom stereocenters. The van der Waals surface area contributed by atoms with E-state index in [1.54, 1.807) is 4.90 Å². The topological polar surface area (TPSA) is 20.3 Å². The van der Waals surface area contributed by atoms with Gasteiger partial charge >= 0.3 is 0 Å². The van der Waals surface area contributed by atoms with Crippen LogP contribution in [-0.4, -0.2) is 23.2 Å². The first-order chi connectivity index (χ1) is 7.61. The Kier molecular flexibility index (Phi) is 3.36. The summed E-state index contributed by atoms with van der Waals surface area (Å²) in [6, 6.07) is 2.75. The number of carbonyl (C=O) groups excluding carboxylic acids is 1. The van der Waals surface area contributed by atoms with Crippen LogP contribution in [0, 0.1) is 5.82 Å². The summed E-state index contributed by atoms with van der Waals surface area (Å²) in [6.07, 6.45) is 0.620. The number of halogens is 3. The highest BCUT2D eigenvalue weighted by molar-refractivity contribution is 6.31. The maximum atomic E-state index is 13.1. The molecule has 0 unspecified atom stereocenters. The SMILES string of the molecule is O=C(CCl)N1CCc2cc(F)cc(Cl)c2C1. The first-order valence-corrected chi connectivity index (χ1v) is 5.83. The molecule has 1 amide bonds. The zero-order chi connectivity index (χ0) is 11.7. The molecule has 2 rings (SSSR count). The second-order valence-corrected chi connectivity index (χ2v) is 4.40. The Labute approximate surface area is 103 Å². The number of hydrogen-bond donors (Lipinski definition) is 0. The van der Waals surface area contributed by atoms with Crippen LogP contribution >= 0.6 is 23.2 Å². The number of rotatable bonds is 1. The largest absolute Gasteiger partial charge is 0.337 e. The van der Waals surface area contributed by atoms with Gasteiger partial charge in [0.1, 0.15) is 11.7 Å². The Balaban J connectivity index is 2.30. The van der Waals surface area contributed by atoms with Gasteiger partial charge in [-0.15, -0.1) is 11.6 Å². The molecule has 0 aromatic heterocycles. The minimum absolute atomic E-state index is 0.0336. The molecular weight excluding hydrogens is 252 g/mol. The molecule has 1 aromatic carbocycles. The number of alkyl halides is 1. The zero-order valence-corrected chi connectivity index (χ0v) is 9.98. The highest BCUT2D eigenvalue weighted by Crippen LogP contribution is 2.27. The first-order valence-electron chi connectivity index (χ1n) is 4.92. The molecule has 0 saturated heterocycles. The molecule has 0 bridgehead atoms.